The Hall–Kier alpha value is -1.40. The van der Waals surface area contributed by atoms with Crippen LogP contribution in [0.1, 0.15) is 24.1 Å². The summed E-state index contributed by atoms with van der Waals surface area (Å²) in [6.45, 7) is 1.39. The number of nitrogens with zero attached hydrogens (tertiary/aromatic N) is 4. The van der Waals surface area contributed by atoms with Crippen LogP contribution in [-0.2, 0) is 16.1 Å². The second-order valence-corrected chi connectivity index (χ2v) is 8.27. The maximum absolute atomic E-state index is 12.1. The van der Waals surface area contributed by atoms with Gasteiger partial charge in [0.1, 0.15) is 6.07 Å². The van der Waals surface area contributed by atoms with Crippen LogP contribution in [0.2, 0.25) is 0 Å². The summed E-state index contributed by atoms with van der Waals surface area (Å²) < 4.78 is 32.6. The summed E-state index contributed by atoms with van der Waals surface area (Å²) in [6, 6.07) is 3.70. The number of aromatic nitrogens is 1. The highest BCUT2D eigenvalue weighted by atomic mass is 35.5. The van der Waals surface area contributed by atoms with Crippen LogP contribution in [0.4, 0.5) is 0 Å². The van der Waals surface area contributed by atoms with Crippen molar-refractivity contribution in [1.29, 1.82) is 5.26 Å². The molecule has 2 rings (SSSR count). The molecule has 0 N–H and O–H groups in total. The average Bonchev–Trinajstić information content (AvgIpc) is 2.60. The van der Waals surface area contributed by atoms with E-state index in [0.29, 0.717) is 36.7 Å². The molecule has 1 fully saturated rings. The van der Waals surface area contributed by atoms with E-state index in [0.717, 1.165) is 12.8 Å². The van der Waals surface area contributed by atoms with Crippen molar-refractivity contribution in [3.63, 3.8) is 0 Å². The zero-order chi connectivity index (χ0) is 17.7. The summed E-state index contributed by atoms with van der Waals surface area (Å²) in [6.07, 6.45) is 2.96. The molecule has 1 aliphatic rings. The second kappa shape index (κ2) is 8.12. The summed E-state index contributed by atoms with van der Waals surface area (Å²) in [4.78, 5) is 4.13. The summed E-state index contributed by atoms with van der Waals surface area (Å²) in [5.41, 5.74) is 1.04. The van der Waals surface area contributed by atoms with Gasteiger partial charge in [-0.25, -0.2) is 0 Å². The fourth-order valence-corrected chi connectivity index (χ4v) is 3.79. The first-order valence-electron chi connectivity index (χ1n) is 7.64. The van der Waals surface area contributed by atoms with E-state index in [1.54, 1.807) is 6.07 Å². The van der Waals surface area contributed by atoms with Crippen LogP contribution in [0.15, 0.2) is 12.3 Å². The van der Waals surface area contributed by atoms with Crippen molar-refractivity contribution in [3.05, 3.63) is 23.5 Å². The van der Waals surface area contributed by atoms with E-state index < -0.39 is 10.2 Å². The van der Waals surface area contributed by atoms with Crippen LogP contribution in [0.25, 0.3) is 0 Å². The third kappa shape index (κ3) is 4.36. The van der Waals surface area contributed by atoms with Crippen molar-refractivity contribution in [3.8, 4) is 11.8 Å². The highest BCUT2D eigenvalue weighted by Crippen LogP contribution is 2.23. The van der Waals surface area contributed by atoms with Gasteiger partial charge in [0, 0.05) is 27.2 Å². The molecular weight excluding hydrogens is 352 g/mol. The standard InChI is InChI=1S/C15H21ClN4O3S/c1-19(2)24(21,22)20-5-3-12(4-6-20)11-23-15-10-18-14(8-16)7-13(15)9-17/h7,10,12H,3-6,8,11H2,1-2H3. The molecule has 1 aromatic heterocycles. The molecule has 0 radical (unpaired) electrons. The van der Waals surface area contributed by atoms with Crippen molar-refractivity contribution >= 4 is 21.8 Å². The maximum Gasteiger partial charge on any atom is 0.281 e. The topological polar surface area (TPSA) is 86.5 Å². The van der Waals surface area contributed by atoms with Crippen LogP contribution in [-0.4, -0.2) is 55.8 Å². The van der Waals surface area contributed by atoms with Crippen molar-refractivity contribution in [2.24, 2.45) is 5.92 Å². The van der Waals surface area contributed by atoms with Crippen molar-refractivity contribution in [2.75, 3.05) is 33.8 Å². The number of hydrogen-bond donors (Lipinski definition) is 0. The van der Waals surface area contributed by atoms with Gasteiger partial charge in [0.2, 0.25) is 0 Å². The maximum atomic E-state index is 12.1. The first kappa shape index (κ1) is 18.9. The Morgan fingerprint density at radius 1 is 1.46 bits per heavy atom. The van der Waals surface area contributed by atoms with Gasteiger partial charge in [0.05, 0.1) is 29.9 Å². The largest absolute Gasteiger partial charge is 0.490 e. The predicted molar refractivity (Wildman–Crippen MR) is 90.9 cm³/mol. The third-order valence-electron chi connectivity index (χ3n) is 4.02. The van der Waals surface area contributed by atoms with Gasteiger partial charge in [-0.2, -0.15) is 22.3 Å². The Balaban J connectivity index is 1.91. The number of alkyl halides is 1. The molecule has 1 aliphatic heterocycles. The smallest absolute Gasteiger partial charge is 0.281 e. The SMILES string of the molecule is CN(C)S(=O)(=O)N1CCC(COc2cnc(CCl)cc2C#N)CC1. The van der Waals surface area contributed by atoms with E-state index in [1.165, 1.54) is 28.9 Å². The molecule has 0 aromatic carbocycles. The van der Waals surface area contributed by atoms with Gasteiger partial charge in [-0.3, -0.25) is 4.98 Å². The number of rotatable bonds is 6. The minimum absolute atomic E-state index is 0.244. The van der Waals surface area contributed by atoms with Gasteiger partial charge >= 0.3 is 0 Å². The Bertz CT molecular complexity index is 710. The van der Waals surface area contributed by atoms with E-state index in [9.17, 15) is 13.7 Å². The minimum atomic E-state index is -3.35. The molecule has 2 heterocycles. The lowest BCUT2D eigenvalue weighted by Crippen LogP contribution is -2.45. The molecule has 0 amide bonds. The van der Waals surface area contributed by atoms with Crippen LogP contribution in [0, 0.1) is 17.2 Å². The molecule has 0 saturated carbocycles. The molecule has 1 aromatic rings. The lowest BCUT2D eigenvalue weighted by molar-refractivity contribution is 0.181. The quantitative estimate of drug-likeness (QED) is 0.708. The number of pyridine rings is 1. The van der Waals surface area contributed by atoms with Crippen molar-refractivity contribution in [2.45, 2.75) is 18.7 Å². The number of hydrogen-bond acceptors (Lipinski definition) is 5. The van der Waals surface area contributed by atoms with Gasteiger partial charge in [-0.15, -0.1) is 11.6 Å². The van der Waals surface area contributed by atoms with Gasteiger partial charge in [-0.05, 0) is 24.8 Å². The Morgan fingerprint density at radius 2 is 2.12 bits per heavy atom. The highest BCUT2D eigenvalue weighted by Gasteiger charge is 2.29. The normalized spacial score (nSPS) is 17.0. The van der Waals surface area contributed by atoms with Crippen molar-refractivity contribution < 1.29 is 13.2 Å². The molecule has 24 heavy (non-hydrogen) atoms. The highest BCUT2D eigenvalue weighted by molar-refractivity contribution is 7.86. The number of nitriles is 1. The van der Waals surface area contributed by atoms with Crippen LogP contribution in [0.5, 0.6) is 5.75 Å². The number of ether oxygens (including phenoxy) is 1. The Kier molecular flexibility index (Phi) is 6.40. The predicted octanol–water partition coefficient (Wildman–Crippen LogP) is 1.59. The monoisotopic (exact) mass is 372 g/mol. The second-order valence-electron chi connectivity index (χ2n) is 5.86. The molecule has 1 saturated heterocycles. The van der Waals surface area contributed by atoms with E-state index in [-0.39, 0.29) is 11.8 Å². The summed E-state index contributed by atoms with van der Waals surface area (Å²) in [5.74, 6) is 0.931. The molecule has 0 unspecified atom stereocenters. The molecule has 132 valence electrons. The lowest BCUT2D eigenvalue weighted by atomic mass is 9.99. The molecule has 0 atom stereocenters. The minimum Gasteiger partial charge on any atom is -0.490 e. The van der Waals surface area contributed by atoms with E-state index in [4.69, 9.17) is 16.3 Å². The third-order valence-corrected chi connectivity index (χ3v) is 6.23. The number of piperidine rings is 1. The molecule has 9 heteroatoms. The summed E-state index contributed by atoms with van der Waals surface area (Å²) >= 11 is 5.71. The first-order valence-corrected chi connectivity index (χ1v) is 9.57. The molecule has 0 spiro atoms. The van der Waals surface area contributed by atoms with E-state index in [1.807, 2.05) is 0 Å². The van der Waals surface area contributed by atoms with Gasteiger partial charge < -0.3 is 4.74 Å². The summed E-state index contributed by atoms with van der Waals surface area (Å²) in [7, 11) is -0.282. The van der Waals surface area contributed by atoms with Gasteiger partial charge in [0.25, 0.3) is 10.2 Å². The molecular formula is C15H21ClN4O3S. The average molecular weight is 373 g/mol. The first-order chi connectivity index (χ1) is 11.4. The lowest BCUT2D eigenvalue weighted by Gasteiger charge is -2.32. The molecule has 0 bridgehead atoms. The number of halogens is 1. The van der Waals surface area contributed by atoms with Crippen LogP contribution >= 0.6 is 11.6 Å². The van der Waals surface area contributed by atoms with Crippen molar-refractivity contribution in [1.82, 2.24) is 13.6 Å². The summed E-state index contributed by atoms with van der Waals surface area (Å²) in [5, 5.41) is 9.17. The zero-order valence-electron chi connectivity index (χ0n) is 13.8. The fourth-order valence-electron chi connectivity index (χ4n) is 2.51. The fraction of sp³-hybridized carbons (Fsp3) is 0.600. The van der Waals surface area contributed by atoms with E-state index >= 15 is 0 Å². The molecule has 7 nitrogen and oxygen atoms in total. The van der Waals surface area contributed by atoms with Crippen LogP contribution in [0.3, 0.4) is 0 Å². The zero-order valence-corrected chi connectivity index (χ0v) is 15.3. The van der Waals surface area contributed by atoms with Gasteiger partial charge in [0.15, 0.2) is 5.75 Å². The van der Waals surface area contributed by atoms with Gasteiger partial charge in [-0.1, -0.05) is 0 Å². The Labute approximate surface area is 148 Å². The Morgan fingerprint density at radius 3 is 2.67 bits per heavy atom. The molecule has 0 aliphatic carbocycles. The van der Waals surface area contributed by atoms with Crippen LogP contribution < -0.4 is 4.74 Å². The van der Waals surface area contributed by atoms with E-state index in [2.05, 4.69) is 11.1 Å².